The van der Waals surface area contributed by atoms with E-state index < -0.39 is 0 Å². The molecule has 3 rings (SSSR count). The van der Waals surface area contributed by atoms with Crippen LogP contribution in [0.5, 0.6) is 11.5 Å². The van der Waals surface area contributed by atoms with Gasteiger partial charge in [-0.1, -0.05) is 18.2 Å². The second-order valence-electron chi connectivity index (χ2n) is 5.90. The number of oxazole rings is 1. The Morgan fingerprint density at radius 1 is 1.07 bits per heavy atom. The third kappa shape index (κ3) is 6.11. The molecule has 1 heterocycles. The van der Waals surface area contributed by atoms with E-state index in [-0.39, 0.29) is 24.0 Å². The van der Waals surface area contributed by atoms with E-state index in [0.29, 0.717) is 29.9 Å². The first kappa shape index (κ1) is 22.5. The number of benzene rings is 2. The second kappa shape index (κ2) is 11.3. The van der Waals surface area contributed by atoms with Crippen molar-refractivity contribution in [3.63, 3.8) is 0 Å². The van der Waals surface area contributed by atoms with Gasteiger partial charge in [0, 0.05) is 23.9 Å². The number of nitrogens with zero attached hydrogens (tertiary/aromatic N) is 2. The SMILES string of the molecule is CCNC(=NCc1coc(-c2ccccc2)n1)Nc1ccc(OC)c(OC)c1.I. The van der Waals surface area contributed by atoms with E-state index in [4.69, 9.17) is 13.9 Å². The predicted molar refractivity (Wildman–Crippen MR) is 125 cm³/mol. The fourth-order valence-corrected chi connectivity index (χ4v) is 2.61. The molecule has 0 radical (unpaired) electrons. The summed E-state index contributed by atoms with van der Waals surface area (Å²) in [6.07, 6.45) is 1.63. The lowest BCUT2D eigenvalue weighted by atomic mass is 10.2. The number of halogens is 1. The highest BCUT2D eigenvalue weighted by molar-refractivity contribution is 14.0. The van der Waals surface area contributed by atoms with Crippen molar-refractivity contribution in [2.45, 2.75) is 13.5 Å². The van der Waals surface area contributed by atoms with Crippen molar-refractivity contribution in [2.24, 2.45) is 4.99 Å². The molecule has 7 nitrogen and oxygen atoms in total. The summed E-state index contributed by atoms with van der Waals surface area (Å²) in [6, 6.07) is 15.4. The molecule has 1 aromatic heterocycles. The third-order valence-corrected chi connectivity index (χ3v) is 3.96. The molecular formula is C21H25IN4O3. The Morgan fingerprint density at radius 3 is 2.52 bits per heavy atom. The first-order chi connectivity index (χ1) is 13.7. The van der Waals surface area contributed by atoms with Gasteiger partial charge in [-0.15, -0.1) is 24.0 Å². The number of hydrogen-bond acceptors (Lipinski definition) is 5. The smallest absolute Gasteiger partial charge is 0.226 e. The molecule has 0 fully saturated rings. The lowest BCUT2D eigenvalue weighted by molar-refractivity contribution is 0.355. The van der Waals surface area contributed by atoms with Gasteiger partial charge in [0.15, 0.2) is 17.5 Å². The van der Waals surface area contributed by atoms with Crippen molar-refractivity contribution in [3.8, 4) is 23.0 Å². The first-order valence-electron chi connectivity index (χ1n) is 9.00. The minimum absolute atomic E-state index is 0. The Bertz CT molecular complexity index is 929. The standard InChI is InChI=1S/C21H24N4O3.HI/c1-4-22-21(25-16-10-11-18(26-2)19(12-16)27-3)23-13-17-14-28-20(24-17)15-8-6-5-7-9-15;/h5-12,14H,4,13H2,1-3H3,(H2,22,23,25);1H. The van der Waals surface area contributed by atoms with Gasteiger partial charge in [-0.05, 0) is 31.2 Å². The van der Waals surface area contributed by atoms with Gasteiger partial charge in [-0.25, -0.2) is 9.98 Å². The number of methoxy groups -OCH3 is 2. The van der Waals surface area contributed by atoms with E-state index in [1.54, 1.807) is 20.5 Å². The minimum atomic E-state index is 0. The van der Waals surface area contributed by atoms with Gasteiger partial charge in [0.1, 0.15) is 12.0 Å². The van der Waals surface area contributed by atoms with Crippen LogP contribution < -0.4 is 20.1 Å². The summed E-state index contributed by atoms with van der Waals surface area (Å²) in [6.45, 7) is 3.13. The maximum Gasteiger partial charge on any atom is 0.226 e. The molecule has 0 aliphatic carbocycles. The fraction of sp³-hybridized carbons (Fsp3) is 0.238. The number of anilines is 1. The van der Waals surface area contributed by atoms with Crippen LogP contribution in [-0.2, 0) is 6.54 Å². The summed E-state index contributed by atoms with van der Waals surface area (Å²) in [7, 11) is 3.22. The molecule has 2 aromatic carbocycles. The zero-order chi connectivity index (χ0) is 19.8. The molecule has 0 saturated carbocycles. The molecule has 0 aliphatic rings. The summed E-state index contributed by atoms with van der Waals surface area (Å²) in [5.41, 5.74) is 2.53. The number of guanidine groups is 1. The van der Waals surface area contributed by atoms with Crippen LogP contribution in [0.3, 0.4) is 0 Å². The van der Waals surface area contributed by atoms with Gasteiger partial charge in [-0.3, -0.25) is 0 Å². The zero-order valence-corrected chi connectivity index (χ0v) is 19.0. The average molecular weight is 508 g/mol. The van der Waals surface area contributed by atoms with Crippen LogP contribution in [0.2, 0.25) is 0 Å². The number of aliphatic imine (C=N–C) groups is 1. The van der Waals surface area contributed by atoms with Crippen LogP contribution in [0.15, 0.2) is 64.2 Å². The molecule has 0 aliphatic heterocycles. The van der Waals surface area contributed by atoms with Crippen molar-refractivity contribution in [1.29, 1.82) is 0 Å². The molecule has 2 N–H and O–H groups in total. The molecule has 0 amide bonds. The van der Waals surface area contributed by atoms with Crippen molar-refractivity contribution in [3.05, 3.63) is 60.5 Å². The molecule has 0 atom stereocenters. The van der Waals surface area contributed by atoms with Crippen LogP contribution in [-0.4, -0.2) is 31.7 Å². The third-order valence-electron chi connectivity index (χ3n) is 3.96. The Labute approximate surface area is 187 Å². The number of rotatable bonds is 7. The van der Waals surface area contributed by atoms with Crippen molar-refractivity contribution < 1.29 is 13.9 Å². The van der Waals surface area contributed by atoms with Crippen molar-refractivity contribution in [2.75, 3.05) is 26.1 Å². The number of aromatic nitrogens is 1. The van der Waals surface area contributed by atoms with E-state index in [9.17, 15) is 0 Å². The molecular weight excluding hydrogens is 483 g/mol. The topological polar surface area (TPSA) is 80.9 Å². The first-order valence-corrected chi connectivity index (χ1v) is 9.00. The maximum atomic E-state index is 5.57. The van der Waals surface area contributed by atoms with E-state index in [0.717, 1.165) is 23.5 Å². The van der Waals surface area contributed by atoms with Crippen molar-refractivity contribution in [1.82, 2.24) is 10.3 Å². The maximum absolute atomic E-state index is 5.57. The molecule has 0 spiro atoms. The Hall–Kier alpha value is -2.75. The highest BCUT2D eigenvalue weighted by Crippen LogP contribution is 2.29. The predicted octanol–water partition coefficient (Wildman–Crippen LogP) is 4.55. The largest absolute Gasteiger partial charge is 0.493 e. The van der Waals surface area contributed by atoms with Crippen LogP contribution in [0.25, 0.3) is 11.5 Å². The molecule has 29 heavy (non-hydrogen) atoms. The van der Waals surface area contributed by atoms with Crippen LogP contribution >= 0.6 is 24.0 Å². The normalized spacial score (nSPS) is 10.8. The van der Waals surface area contributed by atoms with Crippen LogP contribution in [0.4, 0.5) is 5.69 Å². The van der Waals surface area contributed by atoms with Crippen LogP contribution in [0.1, 0.15) is 12.6 Å². The molecule has 0 saturated heterocycles. The van der Waals surface area contributed by atoms with E-state index >= 15 is 0 Å². The van der Waals surface area contributed by atoms with E-state index in [2.05, 4.69) is 20.6 Å². The Morgan fingerprint density at radius 2 is 1.83 bits per heavy atom. The van der Waals surface area contributed by atoms with Gasteiger partial charge in [0.25, 0.3) is 0 Å². The monoisotopic (exact) mass is 508 g/mol. The van der Waals surface area contributed by atoms with Gasteiger partial charge in [-0.2, -0.15) is 0 Å². The Kier molecular flexibility index (Phi) is 8.78. The van der Waals surface area contributed by atoms with Gasteiger partial charge < -0.3 is 24.5 Å². The quantitative estimate of drug-likeness (QED) is 0.277. The molecule has 154 valence electrons. The highest BCUT2D eigenvalue weighted by Gasteiger charge is 2.08. The molecule has 3 aromatic rings. The number of nitrogens with one attached hydrogen (secondary N) is 2. The summed E-state index contributed by atoms with van der Waals surface area (Å²) < 4.78 is 16.2. The molecule has 0 unspecified atom stereocenters. The summed E-state index contributed by atoms with van der Waals surface area (Å²) in [5, 5.41) is 6.47. The van der Waals surface area contributed by atoms with Crippen molar-refractivity contribution >= 4 is 35.6 Å². The van der Waals surface area contributed by atoms with Crippen LogP contribution in [0, 0.1) is 0 Å². The van der Waals surface area contributed by atoms with E-state index in [1.807, 2.05) is 55.5 Å². The molecule has 0 bridgehead atoms. The number of ether oxygens (including phenoxy) is 2. The van der Waals surface area contributed by atoms with Gasteiger partial charge in [0.05, 0.1) is 20.8 Å². The minimum Gasteiger partial charge on any atom is -0.493 e. The Balaban J connectivity index is 0.00000300. The number of hydrogen-bond donors (Lipinski definition) is 2. The lowest BCUT2D eigenvalue weighted by Gasteiger charge is -2.13. The fourth-order valence-electron chi connectivity index (χ4n) is 2.61. The average Bonchev–Trinajstić information content (AvgIpc) is 3.22. The zero-order valence-electron chi connectivity index (χ0n) is 16.6. The summed E-state index contributed by atoms with van der Waals surface area (Å²) in [4.78, 5) is 9.09. The summed E-state index contributed by atoms with van der Waals surface area (Å²) >= 11 is 0. The molecule has 8 heteroatoms. The summed E-state index contributed by atoms with van der Waals surface area (Å²) in [5.74, 6) is 2.54. The lowest BCUT2D eigenvalue weighted by Crippen LogP contribution is -2.30. The van der Waals surface area contributed by atoms with Gasteiger partial charge in [0.2, 0.25) is 5.89 Å². The second-order valence-corrected chi connectivity index (χ2v) is 5.90. The van der Waals surface area contributed by atoms with Gasteiger partial charge >= 0.3 is 0 Å². The highest BCUT2D eigenvalue weighted by atomic mass is 127. The van der Waals surface area contributed by atoms with E-state index in [1.165, 1.54) is 0 Å².